The summed E-state index contributed by atoms with van der Waals surface area (Å²) in [5.74, 6) is 0.751. The Bertz CT molecular complexity index is 174. The van der Waals surface area contributed by atoms with Crippen molar-refractivity contribution in [2.75, 3.05) is 14.2 Å². The summed E-state index contributed by atoms with van der Waals surface area (Å²) in [5.41, 5.74) is 0. The third-order valence-corrected chi connectivity index (χ3v) is 5.79. The molecule has 2 atom stereocenters. The van der Waals surface area contributed by atoms with Crippen LogP contribution in [0.2, 0.25) is 6.55 Å². The molecule has 1 N–H and O–H groups in total. The van der Waals surface area contributed by atoms with E-state index in [0.29, 0.717) is 6.04 Å². The lowest BCUT2D eigenvalue weighted by Crippen LogP contribution is -2.58. The molecule has 0 amide bonds. The molecule has 0 radical (unpaired) electrons. The molecular weight excluding hydrogens is 194 g/mol. The molecule has 0 spiro atoms. The normalized spacial score (nSPS) is 29.1. The molecule has 0 heterocycles. The fourth-order valence-corrected chi connectivity index (χ4v) is 3.57. The molecule has 1 aliphatic rings. The van der Waals surface area contributed by atoms with Crippen LogP contribution in [0, 0.1) is 5.92 Å². The van der Waals surface area contributed by atoms with Crippen molar-refractivity contribution in [3.63, 3.8) is 0 Å². The van der Waals surface area contributed by atoms with Gasteiger partial charge in [-0.05, 0) is 25.3 Å². The molecular formula is C10H23NO2Si. The van der Waals surface area contributed by atoms with Gasteiger partial charge in [-0.1, -0.05) is 19.8 Å². The first-order valence-corrected chi connectivity index (χ1v) is 7.81. The summed E-state index contributed by atoms with van der Waals surface area (Å²) < 4.78 is 10.9. The van der Waals surface area contributed by atoms with E-state index >= 15 is 0 Å². The summed E-state index contributed by atoms with van der Waals surface area (Å²) in [5, 5.41) is 0. The number of rotatable bonds is 4. The molecule has 0 aromatic carbocycles. The van der Waals surface area contributed by atoms with Crippen LogP contribution in [0.25, 0.3) is 0 Å². The maximum absolute atomic E-state index is 5.44. The predicted octanol–water partition coefficient (Wildman–Crippen LogP) is 2.02. The Hall–Kier alpha value is 0.0969. The highest BCUT2D eigenvalue weighted by molar-refractivity contribution is 6.63. The van der Waals surface area contributed by atoms with Crippen LogP contribution < -0.4 is 4.98 Å². The lowest BCUT2D eigenvalue weighted by molar-refractivity contribution is 0.206. The Balaban J connectivity index is 2.48. The smallest absolute Gasteiger partial charge is 0.386 e. The Kier molecular flexibility index (Phi) is 4.57. The van der Waals surface area contributed by atoms with Crippen molar-refractivity contribution in [3.05, 3.63) is 0 Å². The van der Waals surface area contributed by atoms with E-state index in [9.17, 15) is 0 Å². The molecule has 1 aliphatic carbocycles. The third-order valence-electron chi connectivity index (χ3n) is 3.34. The molecule has 0 saturated heterocycles. The third kappa shape index (κ3) is 3.05. The Labute approximate surface area is 88.5 Å². The van der Waals surface area contributed by atoms with Crippen molar-refractivity contribution < 1.29 is 8.85 Å². The SMILES string of the molecule is CO[Si](C)(NC1CCCCC1C)OC. The van der Waals surface area contributed by atoms with Crippen LogP contribution in [-0.4, -0.2) is 29.0 Å². The molecule has 2 unspecified atom stereocenters. The average molecular weight is 217 g/mol. The van der Waals surface area contributed by atoms with Crippen LogP contribution in [0.1, 0.15) is 32.6 Å². The number of hydrogen-bond acceptors (Lipinski definition) is 3. The maximum atomic E-state index is 5.44. The highest BCUT2D eigenvalue weighted by Gasteiger charge is 2.35. The summed E-state index contributed by atoms with van der Waals surface area (Å²) in [6, 6.07) is 0.584. The highest BCUT2D eigenvalue weighted by Crippen LogP contribution is 2.24. The number of nitrogens with one attached hydrogen (secondary N) is 1. The van der Waals surface area contributed by atoms with E-state index in [0.717, 1.165) is 5.92 Å². The summed E-state index contributed by atoms with van der Waals surface area (Å²) in [6.45, 7) is 4.38. The van der Waals surface area contributed by atoms with E-state index in [1.54, 1.807) is 14.2 Å². The Morgan fingerprint density at radius 2 is 1.71 bits per heavy atom. The van der Waals surface area contributed by atoms with Gasteiger partial charge in [-0.15, -0.1) is 0 Å². The fourth-order valence-electron chi connectivity index (χ4n) is 2.07. The fraction of sp³-hybridized carbons (Fsp3) is 1.00. The molecule has 0 bridgehead atoms. The van der Waals surface area contributed by atoms with E-state index < -0.39 is 8.72 Å². The molecule has 84 valence electrons. The van der Waals surface area contributed by atoms with E-state index in [4.69, 9.17) is 8.85 Å². The first kappa shape index (κ1) is 12.2. The van der Waals surface area contributed by atoms with Crippen molar-refractivity contribution in [1.82, 2.24) is 4.98 Å². The zero-order valence-electron chi connectivity index (χ0n) is 9.80. The second-order valence-corrected chi connectivity index (χ2v) is 7.36. The highest BCUT2D eigenvalue weighted by atomic mass is 28.4. The summed E-state index contributed by atoms with van der Waals surface area (Å²) >= 11 is 0. The zero-order valence-corrected chi connectivity index (χ0v) is 10.8. The second-order valence-electron chi connectivity index (χ2n) is 4.37. The van der Waals surface area contributed by atoms with Crippen molar-refractivity contribution in [3.8, 4) is 0 Å². The molecule has 1 rings (SSSR count). The topological polar surface area (TPSA) is 30.5 Å². The minimum Gasteiger partial charge on any atom is -0.386 e. The van der Waals surface area contributed by atoms with Gasteiger partial charge in [0.1, 0.15) is 0 Å². The van der Waals surface area contributed by atoms with Crippen molar-refractivity contribution >= 4 is 8.72 Å². The second kappa shape index (κ2) is 5.26. The van der Waals surface area contributed by atoms with Crippen molar-refractivity contribution in [1.29, 1.82) is 0 Å². The van der Waals surface area contributed by atoms with Crippen LogP contribution in [0.15, 0.2) is 0 Å². The molecule has 1 saturated carbocycles. The van der Waals surface area contributed by atoms with Gasteiger partial charge >= 0.3 is 8.72 Å². The predicted molar refractivity (Wildman–Crippen MR) is 60.2 cm³/mol. The first-order valence-electron chi connectivity index (χ1n) is 5.49. The van der Waals surface area contributed by atoms with E-state index in [1.807, 2.05) is 0 Å². The lowest BCUT2D eigenvalue weighted by Gasteiger charge is -2.35. The first-order chi connectivity index (χ1) is 6.61. The van der Waals surface area contributed by atoms with E-state index in [-0.39, 0.29) is 0 Å². The van der Waals surface area contributed by atoms with Crippen molar-refractivity contribution in [2.45, 2.75) is 45.2 Å². The lowest BCUT2D eigenvalue weighted by atomic mass is 9.87. The summed E-state index contributed by atoms with van der Waals surface area (Å²) in [4.78, 5) is 3.58. The summed E-state index contributed by atoms with van der Waals surface area (Å²) in [7, 11) is 1.39. The Morgan fingerprint density at radius 3 is 2.21 bits per heavy atom. The monoisotopic (exact) mass is 217 g/mol. The van der Waals surface area contributed by atoms with Gasteiger partial charge in [0.15, 0.2) is 0 Å². The van der Waals surface area contributed by atoms with Crippen LogP contribution in [0.3, 0.4) is 0 Å². The van der Waals surface area contributed by atoms with Gasteiger partial charge in [0.25, 0.3) is 0 Å². The number of hydrogen-bond donors (Lipinski definition) is 1. The molecule has 4 heteroatoms. The molecule has 14 heavy (non-hydrogen) atoms. The largest absolute Gasteiger partial charge is 0.421 e. The average Bonchev–Trinajstić information content (AvgIpc) is 2.21. The quantitative estimate of drug-likeness (QED) is 0.731. The minimum absolute atomic E-state index is 0.584. The van der Waals surface area contributed by atoms with Gasteiger partial charge in [-0.2, -0.15) is 0 Å². The van der Waals surface area contributed by atoms with Crippen LogP contribution >= 0.6 is 0 Å². The minimum atomic E-state index is -2.08. The molecule has 0 aromatic rings. The van der Waals surface area contributed by atoms with E-state index in [1.165, 1.54) is 25.7 Å². The standard InChI is InChI=1S/C10H23NO2Si/c1-9-7-5-6-8-10(9)11-14(4,12-2)13-3/h9-11H,5-8H2,1-4H3. The summed E-state index contributed by atoms with van der Waals surface area (Å²) in [6.07, 6.45) is 5.30. The van der Waals surface area contributed by atoms with Gasteiger partial charge in [-0.25, -0.2) is 0 Å². The molecule has 0 aromatic heterocycles. The van der Waals surface area contributed by atoms with E-state index in [2.05, 4.69) is 18.5 Å². The zero-order chi connectivity index (χ0) is 10.6. The van der Waals surface area contributed by atoms with Crippen molar-refractivity contribution in [2.24, 2.45) is 5.92 Å². The van der Waals surface area contributed by atoms with Gasteiger partial charge in [-0.3, -0.25) is 4.98 Å². The van der Waals surface area contributed by atoms with Gasteiger partial charge in [0.2, 0.25) is 0 Å². The van der Waals surface area contributed by atoms with Crippen LogP contribution in [0.4, 0.5) is 0 Å². The van der Waals surface area contributed by atoms with Gasteiger partial charge in [0, 0.05) is 20.3 Å². The Morgan fingerprint density at radius 1 is 1.14 bits per heavy atom. The maximum Gasteiger partial charge on any atom is 0.421 e. The van der Waals surface area contributed by atoms with Crippen LogP contribution in [-0.2, 0) is 8.85 Å². The molecule has 3 nitrogen and oxygen atoms in total. The van der Waals surface area contributed by atoms with Gasteiger partial charge in [0.05, 0.1) is 0 Å². The van der Waals surface area contributed by atoms with Crippen LogP contribution in [0.5, 0.6) is 0 Å². The molecule has 0 aliphatic heterocycles. The molecule has 1 fully saturated rings. The van der Waals surface area contributed by atoms with Gasteiger partial charge < -0.3 is 8.85 Å².